The molecule has 0 amide bonds. The van der Waals surface area contributed by atoms with Crippen LogP contribution < -0.4 is 10.6 Å². The van der Waals surface area contributed by atoms with E-state index in [2.05, 4.69) is 33.6 Å². The number of hydrogen-bond acceptors (Lipinski definition) is 5. The maximum absolute atomic E-state index is 8.60. The maximum atomic E-state index is 8.60. The van der Waals surface area contributed by atoms with Crippen LogP contribution in [0.15, 0.2) is 30.3 Å². The number of para-hydroxylation sites is 1. The van der Waals surface area contributed by atoms with Crippen LogP contribution in [0, 0.1) is 18.3 Å². The molecule has 0 aliphatic heterocycles. The number of nitrogens with one attached hydrogen (secondary N) is 2. The van der Waals surface area contributed by atoms with Gasteiger partial charge in [0.05, 0.1) is 6.07 Å². The number of nitriles is 1. The number of hydrogen-bond donors (Lipinski definition) is 2. The molecule has 2 aromatic rings. The monoisotopic (exact) mass is 267 g/mol. The third-order valence-corrected chi connectivity index (χ3v) is 2.85. The van der Waals surface area contributed by atoms with Crippen molar-refractivity contribution in [3.05, 3.63) is 41.7 Å². The first kappa shape index (κ1) is 13.8. The molecule has 0 radical (unpaired) electrons. The summed E-state index contributed by atoms with van der Waals surface area (Å²) in [5.41, 5.74) is 2.27. The molecule has 0 fully saturated rings. The molecule has 2 rings (SSSR count). The SMILES string of the molecule is CCc1ccccc1Nc1cc(NCC#N)nc(C)n1. The van der Waals surface area contributed by atoms with Crippen molar-refractivity contribution in [3.63, 3.8) is 0 Å². The summed E-state index contributed by atoms with van der Waals surface area (Å²) in [6.45, 7) is 4.17. The van der Waals surface area contributed by atoms with Crippen LogP contribution in [0.3, 0.4) is 0 Å². The van der Waals surface area contributed by atoms with E-state index in [9.17, 15) is 0 Å². The Balaban J connectivity index is 2.24. The van der Waals surface area contributed by atoms with Gasteiger partial charge in [-0.1, -0.05) is 25.1 Å². The van der Waals surface area contributed by atoms with E-state index < -0.39 is 0 Å². The van der Waals surface area contributed by atoms with Gasteiger partial charge in [-0.25, -0.2) is 9.97 Å². The Morgan fingerprint density at radius 2 is 1.95 bits per heavy atom. The Labute approximate surface area is 118 Å². The predicted octanol–water partition coefficient (Wildman–Crippen LogP) is 3.03. The largest absolute Gasteiger partial charge is 0.357 e. The van der Waals surface area contributed by atoms with E-state index in [4.69, 9.17) is 5.26 Å². The Bertz CT molecular complexity index is 630. The summed E-state index contributed by atoms with van der Waals surface area (Å²) in [5, 5.41) is 14.8. The van der Waals surface area contributed by atoms with Crippen LogP contribution >= 0.6 is 0 Å². The molecule has 0 bridgehead atoms. The summed E-state index contributed by atoms with van der Waals surface area (Å²) < 4.78 is 0. The summed E-state index contributed by atoms with van der Waals surface area (Å²) in [5.74, 6) is 2.03. The summed E-state index contributed by atoms with van der Waals surface area (Å²) in [6, 6.07) is 12.0. The van der Waals surface area contributed by atoms with Crippen molar-refractivity contribution >= 4 is 17.3 Å². The molecule has 0 unspecified atom stereocenters. The maximum Gasteiger partial charge on any atom is 0.136 e. The van der Waals surface area contributed by atoms with Crippen molar-refractivity contribution in [3.8, 4) is 6.07 Å². The van der Waals surface area contributed by atoms with E-state index in [1.807, 2.05) is 31.2 Å². The molecule has 0 saturated carbocycles. The molecular weight excluding hydrogens is 250 g/mol. The van der Waals surface area contributed by atoms with Crippen LogP contribution in [0.4, 0.5) is 17.3 Å². The van der Waals surface area contributed by atoms with E-state index >= 15 is 0 Å². The van der Waals surface area contributed by atoms with Gasteiger partial charge in [-0.05, 0) is 25.0 Å². The topological polar surface area (TPSA) is 73.6 Å². The minimum absolute atomic E-state index is 0.224. The van der Waals surface area contributed by atoms with Crippen molar-refractivity contribution in [1.82, 2.24) is 9.97 Å². The second kappa shape index (κ2) is 6.53. The van der Waals surface area contributed by atoms with Crippen LogP contribution in [0.2, 0.25) is 0 Å². The molecule has 1 aromatic carbocycles. The second-order valence-electron chi connectivity index (χ2n) is 4.33. The lowest BCUT2D eigenvalue weighted by Crippen LogP contribution is -2.05. The Kier molecular flexibility index (Phi) is 4.51. The highest BCUT2D eigenvalue weighted by atomic mass is 15.1. The van der Waals surface area contributed by atoms with E-state index in [0.717, 1.165) is 17.9 Å². The van der Waals surface area contributed by atoms with Gasteiger partial charge < -0.3 is 10.6 Å². The molecule has 0 atom stereocenters. The van der Waals surface area contributed by atoms with Gasteiger partial charge in [-0.3, -0.25) is 0 Å². The van der Waals surface area contributed by atoms with Crippen molar-refractivity contribution in [1.29, 1.82) is 5.26 Å². The molecule has 0 spiro atoms. The minimum atomic E-state index is 0.224. The van der Waals surface area contributed by atoms with Gasteiger partial charge >= 0.3 is 0 Å². The smallest absolute Gasteiger partial charge is 0.136 e. The number of anilines is 3. The van der Waals surface area contributed by atoms with Crippen molar-refractivity contribution in [2.24, 2.45) is 0 Å². The van der Waals surface area contributed by atoms with Crippen molar-refractivity contribution in [2.45, 2.75) is 20.3 Å². The number of aryl methyl sites for hydroxylation is 2. The number of nitrogens with zero attached hydrogens (tertiary/aromatic N) is 3. The van der Waals surface area contributed by atoms with Gasteiger partial charge in [0.2, 0.25) is 0 Å². The van der Waals surface area contributed by atoms with Gasteiger partial charge in [0.15, 0.2) is 0 Å². The molecule has 0 saturated heterocycles. The van der Waals surface area contributed by atoms with Crippen molar-refractivity contribution < 1.29 is 0 Å². The fourth-order valence-electron chi connectivity index (χ4n) is 1.94. The average molecular weight is 267 g/mol. The fourth-order valence-corrected chi connectivity index (χ4v) is 1.94. The zero-order valence-corrected chi connectivity index (χ0v) is 11.6. The van der Waals surface area contributed by atoms with Crippen LogP contribution in [0.5, 0.6) is 0 Å². The molecule has 20 heavy (non-hydrogen) atoms. The third kappa shape index (κ3) is 3.45. The standard InChI is InChI=1S/C15H17N5/c1-3-12-6-4-5-7-13(12)20-15-10-14(17-9-8-16)18-11(2)19-15/h4-7,10H,3,9H2,1-2H3,(H2,17,18,19,20). The first-order chi connectivity index (χ1) is 9.72. The highest BCUT2D eigenvalue weighted by Crippen LogP contribution is 2.21. The Morgan fingerprint density at radius 3 is 2.70 bits per heavy atom. The molecule has 0 aliphatic rings. The third-order valence-electron chi connectivity index (χ3n) is 2.85. The van der Waals surface area contributed by atoms with Crippen molar-refractivity contribution in [2.75, 3.05) is 17.2 Å². The second-order valence-corrected chi connectivity index (χ2v) is 4.33. The molecule has 5 nitrogen and oxygen atoms in total. The first-order valence-electron chi connectivity index (χ1n) is 6.54. The lowest BCUT2D eigenvalue weighted by atomic mass is 10.1. The highest BCUT2D eigenvalue weighted by Gasteiger charge is 2.04. The van der Waals surface area contributed by atoms with E-state index in [-0.39, 0.29) is 6.54 Å². The average Bonchev–Trinajstić information content (AvgIpc) is 2.45. The molecule has 1 aromatic heterocycles. The molecule has 1 heterocycles. The van der Waals surface area contributed by atoms with Gasteiger partial charge in [0.25, 0.3) is 0 Å². The quantitative estimate of drug-likeness (QED) is 0.814. The summed E-state index contributed by atoms with van der Waals surface area (Å²) in [4.78, 5) is 8.61. The molecule has 0 aliphatic carbocycles. The Morgan fingerprint density at radius 1 is 1.20 bits per heavy atom. The van der Waals surface area contributed by atoms with Crippen LogP contribution in [-0.4, -0.2) is 16.5 Å². The van der Waals surface area contributed by atoms with E-state index in [0.29, 0.717) is 11.6 Å². The lowest BCUT2D eigenvalue weighted by molar-refractivity contribution is 1.05. The molecule has 102 valence electrons. The zero-order valence-electron chi connectivity index (χ0n) is 11.6. The number of rotatable bonds is 5. The summed E-state index contributed by atoms with van der Waals surface area (Å²) in [7, 11) is 0. The number of aromatic nitrogens is 2. The summed E-state index contributed by atoms with van der Waals surface area (Å²) in [6.07, 6.45) is 0.951. The normalized spacial score (nSPS) is 9.85. The predicted molar refractivity (Wildman–Crippen MR) is 80.0 cm³/mol. The molecular formula is C15H17N5. The molecule has 5 heteroatoms. The van der Waals surface area contributed by atoms with Gasteiger partial charge in [0.1, 0.15) is 24.0 Å². The zero-order chi connectivity index (χ0) is 14.4. The van der Waals surface area contributed by atoms with Gasteiger partial charge in [0, 0.05) is 11.8 Å². The van der Waals surface area contributed by atoms with E-state index in [1.165, 1.54) is 5.56 Å². The fraction of sp³-hybridized carbons (Fsp3) is 0.267. The van der Waals surface area contributed by atoms with Gasteiger partial charge in [-0.15, -0.1) is 0 Å². The Hall–Kier alpha value is -2.61. The van der Waals surface area contributed by atoms with Crippen LogP contribution in [0.1, 0.15) is 18.3 Å². The highest BCUT2D eigenvalue weighted by molar-refractivity contribution is 5.62. The van der Waals surface area contributed by atoms with Crippen LogP contribution in [-0.2, 0) is 6.42 Å². The molecule has 2 N–H and O–H groups in total. The lowest BCUT2D eigenvalue weighted by Gasteiger charge is -2.11. The van der Waals surface area contributed by atoms with E-state index in [1.54, 1.807) is 6.07 Å². The number of benzene rings is 1. The first-order valence-corrected chi connectivity index (χ1v) is 6.54. The minimum Gasteiger partial charge on any atom is -0.357 e. The van der Waals surface area contributed by atoms with Gasteiger partial charge in [-0.2, -0.15) is 5.26 Å². The van der Waals surface area contributed by atoms with Crippen LogP contribution in [0.25, 0.3) is 0 Å². The summed E-state index contributed by atoms with van der Waals surface area (Å²) >= 11 is 0.